The summed E-state index contributed by atoms with van der Waals surface area (Å²) in [7, 11) is 0. The number of esters is 1. The molecule has 0 amide bonds. The van der Waals surface area contributed by atoms with Crippen molar-refractivity contribution >= 4 is 5.97 Å². The van der Waals surface area contributed by atoms with Gasteiger partial charge in [0.2, 0.25) is 5.76 Å². The van der Waals surface area contributed by atoms with Crippen molar-refractivity contribution in [3.8, 4) is 0 Å². The summed E-state index contributed by atoms with van der Waals surface area (Å²) in [5.41, 5.74) is 1.80. The van der Waals surface area contributed by atoms with Crippen LogP contribution in [0.5, 0.6) is 0 Å². The van der Waals surface area contributed by atoms with Crippen LogP contribution in [0.2, 0.25) is 0 Å². The maximum Gasteiger partial charge on any atom is 0.449 e. The van der Waals surface area contributed by atoms with Crippen molar-refractivity contribution in [1.29, 1.82) is 0 Å². The summed E-state index contributed by atoms with van der Waals surface area (Å²) in [6, 6.07) is 7.47. The molecule has 0 saturated heterocycles. The minimum absolute atomic E-state index is 0.263. The van der Waals surface area contributed by atoms with E-state index in [0.29, 0.717) is 17.9 Å². The van der Waals surface area contributed by atoms with Crippen LogP contribution < -0.4 is 0 Å². The Kier molecular flexibility index (Phi) is 20.7. The van der Waals surface area contributed by atoms with Gasteiger partial charge < -0.3 is 4.74 Å². The largest absolute Gasteiger partial charge is 0.449 e. The number of hydrogen-bond acceptors (Lipinski definition) is 2. The number of alkyl halides is 3. The fourth-order valence-corrected chi connectivity index (χ4v) is 5.24. The monoisotopic (exact) mass is 580 g/mol. The predicted octanol–water partition coefficient (Wildman–Crippen LogP) is 12.4. The molecule has 1 atom stereocenters. The van der Waals surface area contributed by atoms with E-state index in [1.165, 1.54) is 89.9 Å². The molecule has 0 radical (unpaired) electrons. The Morgan fingerprint density at radius 1 is 0.707 bits per heavy atom. The Labute approximate surface area is 249 Å². The van der Waals surface area contributed by atoms with Crippen LogP contribution in [0.25, 0.3) is 0 Å². The number of rotatable bonds is 24. The highest BCUT2D eigenvalue weighted by Crippen LogP contribution is 2.30. The fraction of sp³-hybridized carbons (Fsp3) is 0.750. The van der Waals surface area contributed by atoms with E-state index in [1.54, 1.807) is 19.1 Å². The second kappa shape index (κ2) is 22.8. The molecule has 0 aromatic heterocycles. The first kappa shape index (κ1) is 37.2. The van der Waals surface area contributed by atoms with Gasteiger partial charge in [-0.15, -0.1) is 0 Å². The molecule has 5 heteroatoms. The highest BCUT2D eigenvalue weighted by atomic mass is 19.4. The molecule has 236 valence electrons. The van der Waals surface area contributed by atoms with E-state index < -0.39 is 23.8 Å². The lowest BCUT2D eigenvalue weighted by Gasteiger charge is -2.16. The van der Waals surface area contributed by atoms with Crippen molar-refractivity contribution in [2.75, 3.05) is 0 Å². The van der Waals surface area contributed by atoms with E-state index in [1.807, 2.05) is 12.1 Å². The summed E-state index contributed by atoms with van der Waals surface area (Å²) in [4.78, 5) is 12.5. The van der Waals surface area contributed by atoms with Gasteiger partial charge in [-0.1, -0.05) is 154 Å². The quantitative estimate of drug-likeness (QED) is 0.0690. The molecule has 0 aliphatic heterocycles. The Bertz CT molecular complexity index is 811. The maximum absolute atomic E-state index is 13.5. The summed E-state index contributed by atoms with van der Waals surface area (Å²) < 4.78 is 45.4. The lowest BCUT2D eigenvalue weighted by molar-refractivity contribution is -0.161. The molecule has 1 rings (SSSR count). The number of allylic oxidation sites excluding steroid dienone is 2. The highest BCUT2D eigenvalue weighted by Gasteiger charge is 2.38. The van der Waals surface area contributed by atoms with Gasteiger partial charge in [0.15, 0.2) is 0 Å². The third-order valence-electron chi connectivity index (χ3n) is 7.85. The van der Waals surface area contributed by atoms with Crippen molar-refractivity contribution in [2.45, 2.75) is 168 Å². The molecule has 0 spiro atoms. The number of hydrogen-bond donors (Lipinski definition) is 0. The first-order chi connectivity index (χ1) is 19.6. The zero-order valence-corrected chi connectivity index (χ0v) is 26.6. The molecular formula is C36H59F3O2. The van der Waals surface area contributed by atoms with Crippen molar-refractivity contribution < 1.29 is 22.7 Å². The molecule has 0 fully saturated rings. The van der Waals surface area contributed by atoms with Crippen LogP contribution in [0.1, 0.15) is 167 Å². The zero-order chi connectivity index (χ0) is 30.3. The van der Waals surface area contributed by atoms with Crippen LogP contribution in [-0.2, 0) is 16.0 Å². The van der Waals surface area contributed by atoms with Gasteiger partial charge >= 0.3 is 12.1 Å². The summed E-state index contributed by atoms with van der Waals surface area (Å²) >= 11 is 0. The second-order valence-corrected chi connectivity index (χ2v) is 12.3. The van der Waals surface area contributed by atoms with E-state index in [4.69, 9.17) is 4.74 Å². The first-order valence-electron chi connectivity index (χ1n) is 16.7. The molecule has 0 bridgehead atoms. The van der Waals surface area contributed by atoms with Gasteiger partial charge in [-0.2, -0.15) is 13.2 Å². The maximum atomic E-state index is 13.5. The number of carbonyl (C=O) groups excluding carboxylic acids is 1. The topological polar surface area (TPSA) is 26.3 Å². The summed E-state index contributed by atoms with van der Waals surface area (Å²) in [6.07, 6.45) is 20.1. The van der Waals surface area contributed by atoms with Gasteiger partial charge in [-0.3, -0.25) is 4.79 Å². The van der Waals surface area contributed by atoms with Crippen LogP contribution in [-0.4, -0.2) is 12.1 Å². The van der Waals surface area contributed by atoms with E-state index in [9.17, 15) is 18.0 Å². The first-order valence-corrected chi connectivity index (χ1v) is 16.7. The lowest BCUT2D eigenvalue weighted by atomic mass is 9.97. The second-order valence-electron chi connectivity index (χ2n) is 12.3. The predicted molar refractivity (Wildman–Crippen MR) is 167 cm³/mol. The van der Waals surface area contributed by atoms with Gasteiger partial charge in [0.25, 0.3) is 0 Å². The van der Waals surface area contributed by atoms with Crippen LogP contribution in [0, 0.1) is 5.92 Å². The molecule has 1 aromatic carbocycles. The van der Waals surface area contributed by atoms with Crippen LogP contribution in [0.4, 0.5) is 13.2 Å². The summed E-state index contributed by atoms with van der Waals surface area (Å²) in [5.74, 6) is -2.31. The SMILES string of the molecule is CCCCCCCCCCCCCCCCCCCC/C=C(/OC(=O)C(C)c1ccc(CC(C)C)cc1)C(F)(F)F. The number of halogens is 3. The van der Waals surface area contributed by atoms with E-state index in [0.717, 1.165) is 37.3 Å². The Morgan fingerprint density at radius 2 is 1.12 bits per heavy atom. The third kappa shape index (κ3) is 19.1. The zero-order valence-electron chi connectivity index (χ0n) is 26.6. The molecule has 1 unspecified atom stereocenters. The van der Waals surface area contributed by atoms with Crippen LogP contribution in [0.15, 0.2) is 36.1 Å². The molecule has 0 aliphatic rings. The summed E-state index contributed by atoms with van der Waals surface area (Å²) in [6.45, 7) is 8.10. The van der Waals surface area contributed by atoms with Gasteiger partial charge in [0.05, 0.1) is 5.92 Å². The average Bonchev–Trinajstić information content (AvgIpc) is 2.92. The minimum atomic E-state index is -4.68. The summed E-state index contributed by atoms with van der Waals surface area (Å²) in [5, 5.41) is 0. The standard InChI is InChI=1S/C36H59F3O2/c1-5-6-7-8-9-10-11-12-13-14-15-16-17-18-19-20-21-22-23-24-34(36(37,38)39)41-35(40)31(4)33-27-25-32(26-28-33)29-30(2)3/h24-28,30-31H,5-23,29H2,1-4H3/b34-24+. The van der Waals surface area contributed by atoms with Gasteiger partial charge in [0.1, 0.15) is 0 Å². The number of benzene rings is 1. The lowest BCUT2D eigenvalue weighted by Crippen LogP contribution is -2.21. The molecule has 0 N–H and O–H groups in total. The van der Waals surface area contributed by atoms with E-state index >= 15 is 0 Å². The number of unbranched alkanes of at least 4 members (excludes halogenated alkanes) is 18. The molecule has 0 saturated carbocycles. The third-order valence-corrected chi connectivity index (χ3v) is 7.85. The van der Waals surface area contributed by atoms with E-state index in [-0.39, 0.29) is 6.42 Å². The van der Waals surface area contributed by atoms with Crippen molar-refractivity contribution in [3.05, 3.63) is 47.2 Å². The number of carbonyl (C=O) groups is 1. The molecule has 0 heterocycles. The Hall–Kier alpha value is -1.78. The van der Waals surface area contributed by atoms with Gasteiger partial charge in [0, 0.05) is 0 Å². The average molecular weight is 581 g/mol. The molecular weight excluding hydrogens is 521 g/mol. The minimum Gasteiger partial charge on any atom is -0.421 e. The molecule has 1 aromatic rings. The molecule has 41 heavy (non-hydrogen) atoms. The van der Waals surface area contributed by atoms with E-state index in [2.05, 4.69) is 20.8 Å². The molecule has 2 nitrogen and oxygen atoms in total. The number of ether oxygens (including phenoxy) is 1. The fourth-order valence-electron chi connectivity index (χ4n) is 5.24. The van der Waals surface area contributed by atoms with Crippen LogP contribution >= 0.6 is 0 Å². The Balaban J connectivity index is 2.17. The van der Waals surface area contributed by atoms with Crippen molar-refractivity contribution in [2.24, 2.45) is 5.92 Å². The van der Waals surface area contributed by atoms with Crippen molar-refractivity contribution in [3.63, 3.8) is 0 Å². The van der Waals surface area contributed by atoms with Gasteiger partial charge in [-0.25, -0.2) is 0 Å². The normalized spacial score (nSPS) is 13.1. The van der Waals surface area contributed by atoms with Crippen LogP contribution in [0.3, 0.4) is 0 Å². The molecule has 0 aliphatic carbocycles. The smallest absolute Gasteiger partial charge is 0.421 e. The van der Waals surface area contributed by atoms with Crippen molar-refractivity contribution in [1.82, 2.24) is 0 Å². The van der Waals surface area contributed by atoms with Gasteiger partial charge in [-0.05, 0) is 49.3 Å². The highest BCUT2D eigenvalue weighted by molar-refractivity contribution is 5.78. The Morgan fingerprint density at radius 3 is 1.51 bits per heavy atom.